The lowest BCUT2D eigenvalue weighted by Gasteiger charge is -2.05. The van der Waals surface area contributed by atoms with Crippen molar-refractivity contribution in [1.82, 2.24) is 0 Å². The van der Waals surface area contributed by atoms with Crippen LogP contribution < -0.4 is 4.74 Å². The van der Waals surface area contributed by atoms with E-state index in [4.69, 9.17) is 9.47 Å². The minimum Gasteiger partial charge on any atom is -0.459 e. The molecule has 2 aliphatic heterocycles. The number of benzene rings is 1. The fourth-order valence-corrected chi connectivity index (χ4v) is 1.94. The summed E-state index contributed by atoms with van der Waals surface area (Å²) < 4.78 is 11.2. The lowest BCUT2D eigenvalue weighted by Crippen LogP contribution is -2.16. The van der Waals surface area contributed by atoms with Gasteiger partial charge >= 0.3 is 0 Å². The Kier molecular flexibility index (Phi) is 0.824. The maximum atomic E-state index is 5.65. The second-order valence-corrected chi connectivity index (χ2v) is 3.68. The van der Waals surface area contributed by atoms with E-state index in [0.717, 1.165) is 5.75 Å². The van der Waals surface area contributed by atoms with Crippen LogP contribution in [0.2, 0.25) is 0 Å². The molecule has 1 aromatic rings. The van der Waals surface area contributed by atoms with E-state index in [-0.39, 0.29) is 5.60 Å². The van der Waals surface area contributed by atoms with Gasteiger partial charge in [0.05, 0.1) is 0 Å². The van der Waals surface area contributed by atoms with E-state index in [0.29, 0.717) is 0 Å². The van der Waals surface area contributed by atoms with Gasteiger partial charge in [-0.3, -0.25) is 0 Å². The smallest absolute Gasteiger partial charge is 0.242 e. The predicted octanol–water partition coefficient (Wildman–Crippen LogP) is 2.04. The topological polar surface area (TPSA) is 21.8 Å². The highest BCUT2D eigenvalue weighted by atomic mass is 16.8. The van der Waals surface area contributed by atoms with Crippen molar-refractivity contribution in [2.75, 3.05) is 0 Å². The first kappa shape index (κ1) is 6.49. The molecule has 1 fully saturated rings. The summed E-state index contributed by atoms with van der Waals surface area (Å²) in [5.41, 5.74) is 0.983. The van der Waals surface area contributed by atoms with Crippen LogP contribution in [0.25, 0.3) is 0 Å². The fraction of sp³-hybridized carbons (Fsp3) is 0.400. The number of para-hydroxylation sites is 1. The zero-order valence-electron chi connectivity index (χ0n) is 7.13. The monoisotopic (exact) mass is 162 g/mol. The summed E-state index contributed by atoms with van der Waals surface area (Å²) in [7, 11) is 0. The number of hydrogen-bond acceptors (Lipinski definition) is 2. The molecule has 0 bridgehead atoms. The van der Waals surface area contributed by atoms with E-state index in [1.54, 1.807) is 0 Å². The van der Waals surface area contributed by atoms with Crippen molar-refractivity contribution < 1.29 is 9.47 Å². The summed E-state index contributed by atoms with van der Waals surface area (Å²) in [6.07, 6.45) is 0. The number of rotatable bonds is 0. The molecule has 2 unspecified atom stereocenters. The van der Waals surface area contributed by atoms with Crippen molar-refractivity contribution >= 4 is 0 Å². The van der Waals surface area contributed by atoms with Crippen LogP contribution in [0, 0.1) is 0 Å². The number of epoxide rings is 1. The summed E-state index contributed by atoms with van der Waals surface area (Å²) in [4.78, 5) is 0. The van der Waals surface area contributed by atoms with Gasteiger partial charge in [-0.15, -0.1) is 0 Å². The zero-order valence-corrected chi connectivity index (χ0v) is 7.13. The standard InChI is InChI=1S/C10H10O2/c1-9-7-5-3-4-6-8(7)11-10(9,2)12-9/h3-6H,1-2H3. The first-order chi connectivity index (χ1) is 5.66. The van der Waals surface area contributed by atoms with Crippen molar-refractivity contribution in [2.24, 2.45) is 0 Å². The van der Waals surface area contributed by atoms with E-state index in [9.17, 15) is 0 Å². The zero-order chi connectivity index (χ0) is 8.40. The van der Waals surface area contributed by atoms with Gasteiger partial charge in [0.15, 0.2) is 5.60 Å². The van der Waals surface area contributed by atoms with E-state index >= 15 is 0 Å². The van der Waals surface area contributed by atoms with Gasteiger partial charge in [0, 0.05) is 12.5 Å². The summed E-state index contributed by atoms with van der Waals surface area (Å²) in [6, 6.07) is 8.05. The highest BCUT2D eigenvalue weighted by Crippen LogP contribution is 2.63. The molecule has 62 valence electrons. The van der Waals surface area contributed by atoms with Crippen LogP contribution in [0.5, 0.6) is 5.75 Å². The maximum Gasteiger partial charge on any atom is 0.242 e. The second-order valence-electron chi connectivity index (χ2n) is 3.68. The van der Waals surface area contributed by atoms with Gasteiger partial charge in [-0.2, -0.15) is 0 Å². The van der Waals surface area contributed by atoms with E-state index in [2.05, 4.69) is 13.0 Å². The van der Waals surface area contributed by atoms with Crippen LogP contribution in [-0.2, 0) is 10.3 Å². The Balaban J connectivity index is 2.24. The molecule has 2 heterocycles. The van der Waals surface area contributed by atoms with Crippen LogP contribution in [0.1, 0.15) is 19.4 Å². The normalized spacial score (nSPS) is 41.5. The summed E-state index contributed by atoms with van der Waals surface area (Å²) in [6.45, 7) is 4.05. The molecule has 2 heteroatoms. The quantitative estimate of drug-likeness (QED) is 0.544. The van der Waals surface area contributed by atoms with Gasteiger partial charge in [-0.1, -0.05) is 18.2 Å². The first-order valence-electron chi connectivity index (χ1n) is 4.14. The van der Waals surface area contributed by atoms with E-state index in [1.807, 2.05) is 25.1 Å². The number of ether oxygens (including phenoxy) is 2. The Hall–Kier alpha value is -1.02. The molecule has 0 aromatic heterocycles. The average Bonchev–Trinajstić information content (AvgIpc) is 2.48. The number of hydrogen-bond donors (Lipinski definition) is 0. The van der Waals surface area contributed by atoms with Crippen LogP contribution >= 0.6 is 0 Å². The third kappa shape index (κ3) is 0.495. The Morgan fingerprint density at radius 2 is 1.92 bits per heavy atom. The lowest BCUT2D eigenvalue weighted by atomic mass is 9.98. The van der Waals surface area contributed by atoms with Gasteiger partial charge < -0.3 is 9.47 Å². The highest BCUT2D eigenvalue weighted by molar-refractivity contribution is 5.47. The van der Waals surface area contributed by atoms with Gasteiger partial charge in [-0.05, 0) is 13.0 Å². The lowest BCUT2D eigenvalue weighted by molar-refractivity contribution is 0.0781. The molecule has 0 spiro atoms. The molecule has 2 aliphatic rings. The minimum atomic E-state index is -0.392. The van der Waals surface area contributed by atoms with Crippen LogP contribution in [0.3, 0.4) is 0 Å². The second kappa shape index (κ2) is 1.52. The van der Waals surface area contributed by atoms with E-state index < -0.39 is 5.79 Å². The van der Waals surface area contributed by atoms with Crippen LogP contribution in [0.15, 0.2) is 24.3 Å². The first-order valence-corrected chi connectivity index (χ1v) is 4.14. The fourth-order valence-electron chi connectivity index (χ4n) is 1.94. The van der Waals surface area contributed by atoms with Crippen molar-refractivity contribution in [1.29, 1.82) is 0 Å². The Labute approximate surface area is 71.1 Å². The van der Waals surface area contributed by atoms with Gasteiger partial charge in [-0.25, -0.2) is 0 Å². The maximum absolute atomic E-state index is 5.65. The van der Waals surface area contributed by atoms with Crippen LogP contribution in [-0.4, -0.2) is 5.79 Å². The molecule has 3 rings (SSSR count). The van der Waals surface area contributed by atoms with Gasteiger partial charge in [0.25, 0.3) is 0 Å². The average molecular weight is 162 g/mol. The highest BCUT2D eigenvalue weighted by Gasteiger charge is 2.72. The molecule has 0 radical (unpaired) electrons. The summed E-state index contributed by atoms with van der Waals surface area (Å²) in [5, 5.41) is 0. The summed E-state index contributed by atoms with van der Waals surface area (Å²) in [5.74, 6) is 0.574. The molecule has 2 nitrogen and oxygen atoms in total. The van der Waals surface area contributed by atoms with Crippen molar-refractivity contribution in [2.45, 2.75) is 25.2 Å². The molecule has 1 aromatic carbocycles. The predicted molar refractivity (Wildman–Crippen MR) is 43.9 cm³/mol. The molecule has 12 heavy (non-hydrogen) atoms. The number of fused-ring (bicyclic) bond motifs is 3. The minimum absolute atomic E-state index is 0.191. The Morgan fingerprint density at radius 1 is 1.17 bits per heavy atom. The largest absolute Gasteiger partial charge is 0.459 e. The van der Waals surface area contributed by atoms with E-state index in [1.165, 1.54) is 5.56 Å². The Bertz CT molecular complexity index is 361. The molecular formula is C10H10O2. The molecule has 0 amide bonds. The molecule has 0 aliphatic carbocycles. The van der Waals surface area contributed by atoms with Crippen molar-refractivity contribution in [3.8, 4) is 5.75 Å². The molecule has 0 saturated carbocycles. The van der Waals surface area contributed by atoms with Crippen LogP contribution in [0.4, 0.5) is 0 Å². The van der Waals surface area contributed by atoms with Gasteiger partial charge in [0.1, 0.15) is 5.75 Å². The third-order valence-corrected chi connectivity index (χ3v) is 2.93. The Morgan fingerprint density at radius 3 is 2.67 bits per heavy atom. The molecule has 1 saturated heterocycles. The molecule has 0 N–H and O–H groups in total. The van der Waals surface area contributed by atoms with Crippen molar-refractivity contribution in [3.63, 3.8) is 0 Å². The third-order valence-electron chi connectivity index (χ3n) is 2.93. The van der Waals surface area contributed by atoms with Gasteiger partial charge in [0.2, 0.25) is 5.79 Å². The summed E-state index contributed by atoms with van der Waals surface area (Å²) >= 11 is 0. The SMILES string of the molecule is CC12Oc3ccccc3C1(C)O2. The molecular weight excluding hydrogens is 152 g/mol. The van der Waals surface area contributed by atoms with Crippen molar-refractivity contribution in [3.05, 3.63) is 29.8 Å². The molecule has 2 atom stereocenters.